The van der Waals surface area contributed by atoms with Crippen molar-refractivity contribution in [1.29, 1.82) is 0 Å². The maximum Gasteiger partial charge on any atom is 0.111 e. The molecule has 2 N–H and O–H groups in total. The minimum absolute atomic E-state index is 0.114. The molecule has 0 saturated carbocycles. The van der Waals surface area contributed by atoms with Crippen molar-refractivity contribution in [2.45, 2.75) is 19.1 Å². The number of nitrogens with one attached hydrogen (secondary N) is 2. The van der Waals surface area contributed by atoms with Crippen molar-refractivity contribution in [3.8, 4) is 0 Å². The zero-order valence-corrected chi connectivity index (χ0v) is 10.2. The number of aryl methyl sites for hydroxylation is 2. The van der Waals surface area contributed by atoms with Crippen molar-refractivity contribution in [3.63, 3.8) is 0 Å². The number of hydrogen-bond acceptors (Lipinski definition) is 4. The fourth-order valence-corrected chi connectivity index (χ4v) is 2.20. The van der Waals surface area contributed by atoms with E-state index in [0.717, 1.165) is 44.0 Å². The van der Waals surface area contributed by atoms with Crippen LogP contribution in [0.2, 0.25) is 0 Å². The molecule has 1 unspecified atom stereocenters. The minimum atomic E-state index is 0.114. The number of ether oxygens (including phenoxy) is 1. The Morgan fingerprint density at radius 3 is 3.17 bits per heavy atom. The molecule has 1 fully saturated rings. The van der Waals surface area contributed by atoms with Crippen molar-refractivity contribution in [3.05, 3.63) is 36.4 Å². The standard InChI is InChI=1S/C12H17N5O/c1(10-5-14-8-16-10)3-17-9-15-6-11(17)12-7-13-2-4-18-12/h5-6,8-9,12-13H,1-4,7H2,(H,14,16). The molecule has 3 heterocycles. The highest BCUT2D eigenvalue weighted by Crippen LogP contribution is 2.18. The van der Waals surface area contributed by atoms with E-state index in [0.29, 0.717) is 0 Å². The van der Waals surface area contributed by atoms with Crippen molar-refractivity contribution >= 4 is 0 Å². The number of rotatable bonds is 4. The molecule has 1 saturated heterocycles. The van der Waals surface area contributed by atoms with Crippen LogP contribution in [0.5, 0.6) is 0 Å². The summed E-state index contributed by atoms with van der Waals surface area (Å²) in [6.45, 7) is 3.43. The first kappa shape index (κ1) is 11.4. The zero-order valence-electron chi connectivity index (χ0n) is 10.2. The van der Waals surface area contributed by atoms with E-state index in [4.69, 9.17) is 4.74 Å². The topological polar surface area (TPSA) is 67.8 Å². The van der Waals surface area contributed by atoms with Gasteiger partial charge in [0.2, 0.25) is 0 Å². The first-order valence-electron chi connectivity index (χ1n) is 6.23. The van der Waals surface area contributed by atoms with Crippen LogP contribution in [0.3, 0.4) is 0 Å². The summed E-state index contributed by atoms with van der Waals surface area (Å²) in [5.74, 6) is 0. The molecule has 0 spiro atoms. The number of hydrogen-bond donors (Lipinski definition) is 2. The number of aromatic nitrogens is 4. The van der Waals surface area contributed by atoms with Crippen LogP contribution in [0.15, 0.2) is 25.0 Å². The van der Waals surface area contributed by atoms with Crippen molar-refractivity contribution < 1.29 is 4.74 Å². The van der Waals surface area contributed by atoms with Gasteiger partial charge in [-0.2, -0.15) is 0 Å². The molecule has 1 aliphatic heterocycles. The second kappa shape index (κ2) is 5.32. The minimum Gasteiger partial charge on any atom is -0.369 e. The molecule has 0 bridgehead atoms. The van der Waals surface area contributed by atoms with Crippen LogP contribution in [0, 0.1) is 0 Å². The van der Waals surface area contributed by atoms with Crippen molar-refractivity contribution in [1.82, 2.24) is 24.8 Å². The highest BCUT2D eigenvalue weighted by Gasteiger charge is 2.19. The summed E-state index contributed by atoms with van der Waals surface area (Å²) in [5, 5.41) is 3.34. The van der Waals surface area contributed by atoms with Gasteiger partial charge in [-0.1, -0.05) is 0 Å². The predicted molar refractivity (Wildman–Crippen MR) is 66.1 cm³/mol. The number of H-pyrrole nitrogens is 1. The van der Waals surface area contributed by atoms with Gasteiger partial charge in [0.05, 0.1) is 31.2 Å². The second-order valence-corrected chi connectivity index (χ2v) is 4.40. The maximum atomic E-state index is 5.76. The molecule has 0 aliphatic carbocycles. The lowest BCUT2D eigenvalue weighted by molar-refractivity contribution is 0.0228. The lowest BCUT2D eigenvalue weighted by atomic mass is 10.2. The Hall–Kier alpha value is -1.66. The lowest BCUT2D eigenvalue weighted by Crippen LogP contribution is -2.34. The van der Waals surface area contributed by atoms with Gasteiger partial charge in [-0.3, -0.25) is 0 Å². The summed E-state index contributed by atoms with van der Waals surface area (Å²) in [6, 6.07) is 0. The van der Waals surface area contributed by atoms with E-state index < -0.39 is 0 Å². The first-order valence-corrected chi connectivity index (χ1v) is 6.23. The Kier molecular flexibility index (Phi) is 3.38. The normalized spacial score (nSPS) is 20.1. The Morgan fingerprint density at radius 1 is 1.39 bits per heavy atom. The van der Waals surface area contributed by atoms with Gasteiger partial charge in [0.1, 0.15) is 6.10 Å². The largest absolute Gasteiger partial charge is 0.369 e. The van der Waals surface area contributed by atoms with E-state index in [1.54, 1.807) is 6.33 Å². The Balaban J connectivity index is 1.67. The van der Waals surface area contributed by atoms with Crippen molar-refractivity contribution in [2.24, 2.45) is 0 Å². The summed E-state index contributed by atoms with van der Waals surface area (Å²) >= 11 is 0. The predicted octanol–water partition coefficient (Wildman–Crippen LogP) is 0.510. The Bertz CT molecular complexity index is 472. The van der Waals surface area contributed by atoms with E-state index in [-0.39, 0.29) is 6.10 Å². The number of morpholine rings is 1. The van der Waals surface area contributed by atoms with Gasteiger partial charge in [-0.15, -0.1) is 0 Å². The Morgan fingerprint density at radius 2 is 2.39 bits per heavy atom. The SMILES string of the molecule is c1ncc(CCn2cncc2C2CNCCO2)[nH]1. The van der Waals surface area contributed by atoms with Crippen LogP contribution in [-0.2, 0) is 17.7 Å². The highest BCUT2D eigenvalue weighted by molar-refractivity contribution is 5.05. The molecule has 96 valence electrons. The summed E-state index contributed by atoms with van der Waals surface area (Å²) in [6.07, 6.45) is 8.36. The Labute approximate surface area is 105 Å². The highest BCUT2D eigenvalue weighted by atomic mass is 16.5. The van der Waals surface area contributed by atoms with Crippen molar-refractivity contribution in [2.75, 3.05) is 19.7 Å². The summed E-state index contributed by atoms with van der Waals surface area (Å²) in [7, 11) is 0. The molecule has 1 aliphatic rings. The van der Waals surface area contributed by atoms with E-state index in [9.17, 15) is 0 Å². The molecule has 0 amide bonds. The fourth-order valence-electron chi connectivity index (χ4n) is 2.20. The molecule has 18 heavy (non-hydrogen) atoms. The number of aromatic amines is 1. The smallest absolute Gasteiger partial charge is 0.111 e. The van der Waals surface area contributed by atoms with Gasteiger partial charge >= 0.3 is 0 Å². The molecular formula is C12H17N5O. The third-order valence-corrected chi connectivity index (χ3v) is 3.18. The summed E-state index contributed by atoms with van der Waals surface area (Å²) < 4.78 is 7.91. The average Bonchev–Trinajstić information content (AvgIpc) is 3.09. The lowest BCUT2D eigenvalue weighted by Gasteiger charge is -2.24. The molecule has 2 aromatic rings. The van der Waals surface area contributed by atoms with Crippen LogP contribution in [0.25, 0.3) is 0 Å². The van der Waals surface area contributed by atoms with Crippen LogP contribution < -0.4 is 5.32 Å². The van der Waals surface area contributed by atoms with E-state index >= 15 is 0 Å². The molecule has 1 atom stereocenters. The van der Waals surface area contributed by atoms with Crippen LogP contribution in [-0.4, -0.2) is 39.2 Å². The van der Waals surface area contributed by atoms with Crippen LogP contribution in [0.4, 0.5) is 0 Å². The monoisotopic (exact) mass is 247 g/mol. The third-order valence-electron chi connectivity index (χ3n) is 3.18. The first-order chi connectivity index (χ1) is 8.93. The fraction of sp³-hybridized carbons (Fsp3) is 0.500. The van der Waals surface area contributed by atoms with Gasteiger partial charge in [-0.25, -0.2) is 9.97 Å². The van der Waals surface area contributed by atoms with E-state index in [1.165, 1.54) is 0 Å². The van der Waals surface area contributed by atoms with Gasteiger partial charge in [0.25, 0.3) is 0 Å². The number of nitrogens with zero attached hydrogens (tertiary/aromatic N) is 3. The quantitative estimate of drug-likeness (QED) is 0.826. The number of imidazole rings is 2. The zero-order chi connectivity index (χ0) is 12.2. The van der Waals surface area contributed by atoms with E-state index in [2.05, 4.69) is 24.8 Å². The van der Waals surface area contributed by atoms with Gasteiger partial charge < -0.3 is 19.6 Å². The van der Waals surface area contributed by atoms with Gasteiger partial charge in [-0.05, 0) is 0 Å². The van der Waals surface area contributed by atoms with Gasteiger partial charge in [0, 0.05) is 37.9 Å². The molecule has 6 nitrogen and oxygen atoms in total. The maximum absolute atomic E-state index is 5.76. The summed E-state index contributed by atoms with van der Waals surface area (Å²) in [5.41, 5.74) is 2.28. The molecule has 0 aromatic carbocycles. The van der Waals surface area contributed by atoms with E-state index in [1.807, 2.05) is 18.7 Å². The second-order valence-electron chi connectivity index (χ2n) is 4.40. The average molecular weight is 247 g/mol. The molecule has 6 heteroatoms. The molecule has 2 aromatic heterocycles. The molecule has 0 radical (unpaired) electrons. The summed E-state index contributed by atoms with van der Waals surface area (Å²) in [4.78, 5) is 11.4. The van der Waals surface area contributed by atoms with Crippen LogP contribution in [0.1, 0.15) is 17.5 Å². The molecular weight excluding hydrogens is 230 g/mol. The van der Waals surface area contributed by atoms with Crippen LogP contribution >= 0.6 is 0 Å². The van der Waals surface area contributed by atoms with Gasteiger partial charge in [0.15, 0.2) is 0 Å². The molecule has 3 rings (SSSR count). The third kappa shape index (κ3) is 2.44.